The Balaban J connectivity index is 1.53. The second-order valence-corrected chi connectivity index (χ2v) is 9.71. The van der Waals surface area contributed by atoms with E-state index >= 15 is 0 Å². The average Bonchev–Trinajstić information content (AvgIpc) is 3.16. The van der Waals surface area contributed by atoms with Crippen LogP contribution in [0.4, 0.5) is 4.39 Å². The Morgan fingerprint density at radius 3 is 2.39 bits per heavy atom. The summed E-state index contributed by atoms with van der Waals surface area (Å²) in [6, 6.07) is 6.97. The van der Waals surface area contributed by atoms with E-state index in [-0.39, 0.29) is 23.8 Å². The SMILES string of the molecule is CC1CCCC(C)N1C(=O)CSc1nnc(CN2CCCCC2)n1-c1ccc(F)cc1. The number of piperidine rings is 2. The van der Waals surface area contributed by atoms with Crippen LogP contribution in [0, 0.1) is 5.82 Å². The summed E-state index contributed by atoms with van der Waals surface area (Å²) in [5.41, 5.74) is 0.827. The summed E-state index contributed by atoms with van der Waals surface area (Å²) in [5, 5.41) is 9.57. The highest BCUT2D eigenvalue weighted by Crippen LogP contribution is 2.27. The molecule has 168 valence electrons. The third kappa shape index (κ3) is 5.29. The van der Waals surface area contributed by atoms with E-state index in [2.05, 4.69) is 28.9 Å². The molecule has 31 heavy (non-hydrogen) atoms. The second kappa shape index (κ2) is 10.1. The first kappa shape index (κ1) is 22.3. The van der Waals surface area contributed by atoms with Gasteiger partial charge in [0.15, 0.2) is 11.0 Å². The van der Waals surface area contributed by atoms with Gasteiger partial charge in [0.2, 0.25) is 5.91 Å². The van der Waals surface area contributed by atoms with Gasteiger partial charge in [-0.2, -0.15) is 0 Å². The fraction of sp³-hybridized carbons (Fsp3) is 0.609. The third-order valence-corrected chi connectivity index (χ3v) is 7.32. The lowest BCUT2D eigenvalue weighted by Crippen LogP contribution is -2.48. The van der Waals surface area contributed by atoms with Crippen molar-refractivity contribution in [1.82, 2.24) is 24.6 Å². The standard InChI is InChI=1S/C23H32FN5OS/c1-17-7-6-8-18(2)28(17)22(30)16-31-23-26-25-21(15-27-13-4-3-5-14-27)29(23)20-11-9-19(24)10-12-20/h9-12,17-18H,3-8,13-16H2,1-2H3. The van der Waals surface area contributed by atoms with Crippen LogP contribution in [0.15, 0.2) is 29.4 Å². The number of aromatic nitrogens is 3. The van der Waals surface area contributed by atoms with Gasteiger partial charge in [0.25, 0.3) is 0 Å². The van der Waals surface area contributed by atoms with Crippen LogP contribution in [0.1, 0.15) is 58.2 Å². The Labute approximate surface area is 188 Å². The number of halogens is 1. The highest BCUT2D eigenvalue weighted by Gasteiger charge is 2.29. The Hall–Kier alpha value is -1.93. The molecule has 2 saturated heterocycles. The molecule has 0 bridgehead atoms. The van der Waals surface area contributed by atoms with Crippen LogP contribution in [-0.4, -0.2) is 61.4 Å². The number of hydrogen-bond donors (Lipinski definition) is 0. The predicted molar refractivity (Wildman–Crippen MR) is 121 cm³/mol. The largest absolute Gasteiger partial charge is 0.337 e. The molecule has 2 aliphatic heterocycles. The lowest BCUT2D eigenvalue weighted by molar-refractivity contribution is -0.134. The molecule has 4 rings (SSSR count). The van der Waals surface area contributed by atoms with Crippen LogP contribution in [0.25, 0.3) is 5.69 Å². The Kier molecular flexibility index (Phi) is 7.27. The first-order valence-corrected chi connectivity index (χ1v) is 12.4. The Morgan fingerprint density at radius 1 is 1.03 bits per heavy atom. The number of nitrogens with zero attached hydrogens (tertiary/aromatic N) is 5. The maximum Gasteiger partial charge on any atom is 0.233 e. The van der Waals surface area contributed by atoms with Gasteiger partial charge >= 0.3 is 0 Å². The van der Waals surface area contributed by atoms with Gasteiger partial charge in [-0.25, -0.2) is 4.39 Å². The van der Waals surface area contributed by atoms with Crippen molar-refractivity contribution in [3.05, 3.63) is 35.9 Å². The van der Waals surface area contributed by atoms with Crippen LogP contribution < -0.4 is 0 Å². The van der Waals surface area contributed by atoms with Crippen molar-refractivity contribution >= 4 is 17.7 Å². The second-order valence-electron chi connectivity index (χ2n) is 8.77. The normalized spacial score (nSPS) is 22.6. The van der Waals surface area contributed by atoms with E-state index in [0.717, 1.165) is 37.4 Å². The summed E-state index contributed by atoms with van der Waals surface area (Å²) in [7, 11) is 0. The van der Waals surface area contributed by atoms with E-state index in [1.165, 1.54) is 49.6 Å². The first-order valence-electron chi connectivity index (χ1n) is 11.4. The molecular formula is C23H32FN5OS. The smallest absolute Gasteiger partial charge is 0.233 e. The maximum absolute atomic E-state index is 13.5. The summed E-state index contributed by atoms with van der Waals surface area (Å²) in [5.74, 6) is 1.04. The third-order valence-electron chi connectivity index (χ3n) is 6.41. The number of thioether (sulfide) groups is 1. The molecule has 0 saturated carbocycles. The Bertz CT molecular complexity index is 871. The molecular weight excluding hydrogens is 413 g/mol. The number of carbonyl (C=O) groups excluding carboxylic acids is 1. The zero-order valence-corrected chi connectivity index (χ0v) is 19.3. The van der Waals surface area contributed by atoms with Crippen LogP contribution in [0.3, 0.4) is 0 Å². The van der Waals surface area contributed by atoms with Gasteiger partial charge in [0, 0.05) is 17.8 Å². The number of rotatable bonds is 6. The summed E-state index contributed by atoms with van der Waals surface area (Å²) < 4.78 is 15.5. The summed E-state index contributed by atoms with van der Waals surface area (Å²) >= 11 is 1.42. The van der Waals surface area contributed by atoms with E-state index in [9.17, 15) is 9.18 Å². The molecule has 1 aromatic carbocycles. The Morgan fingerprint density at radius 2 is 1.71 bits per heavy atom. The minimum absolute atomic E-state index is 0.149. The molecule has 2 atom stereocenters. The van der Waals surface area contributed by atoms with E-state index in [0.29, 0.717) is 17.5 Å². The van der Waals surface area contributed by atoms with Gasteiger partial charge in [-0.1, -0.05) is 18.2 Å². The van der Waals surface area contributed by atoms with Crippen molar-refractivity contribution in [3.63, 3.8) is 0 Å². The van der Waals surface area contributed by atoms with Crippen molar-refractivity contribution in [1.29, 1.82) is 0 Å². The van der Waals surface area contributed by atoms with Crippen LogP contribution in [-0.2, 0) is 11.3 Å². The highest BCUT2D eigenvalue weighted by atomic mass is 32.2. The van der Waals surface area contributed by atoms with Gasteiger partial charge in [-0.15, -0.1) is 10.2 Å². The van der Waals surface area contributed by atoms with Crippen molar-refractivity contribution in [3.8, 4) is 5.69 Å². The topological polar surface area (TPSA) is 54.3 Å². The molecule has 0 spiro atoms. The van der Waals surface area contributed by atoms with Crippen molar-refractivity contribution in [2.24, 2.45) is 0 Å². The molecule has 2 aromatic rings. The highest BCUT2D eigenvalue weighted by molar-refractivity contribution is 7.99. The minimum atomic E-state index is -0.271. The molecule has 2 aliphatic rings. The molecule has 1 amide bonds. The van der Waals surface area contributed by atoms with Crippen molar-refractivity contribution in [2.75, 3.05) is 18.8 Å². The maximum atomic E-state index is 13.5. The molecule has 0 radical (unpaired) electrons. The average molecular weight is 446 g/mol. The van der Waals surface area contributed by atoms with Crippen molar-refractivity contribution < 1.29 is 9.18 Å². The van der Waals surface area contributed by atoms with E-state index in [4.69, 9.17) is 0 Å². The van der Waals surface area contributed by atoms with Gasteiger partial charge in [0.05, 0.1) is 12.3 Å². The van der Waals surface area contributed by atoms with Gasteiger partial charge < -0.3 is 4.90 Å². The lowest BCUT2D eigenvalue weighted by atomic mass is 9.98. The molecule has 2 fully saturated rings. The van der Waals surface area contributed by atoms with Gasteiger partial charge in [0.1, 0.15) is 5.82 Å². The zero-order chi connectivity index (χ0) is 21.8. The fourth-order valence-corrected chi connectivity index (χ4v) is 5.62. The van der Waals surface area contributed by atoms with Crippen molar-refractivity contribution in [2.45, 2.75) is 76.2 Å². The summed E-state index contributed by atoms with van der Waals surface area (Å²) in [4.78, 5) is 17.4. The first-order chi connectivity index (χ1) is 15.0. The molecule has 6 nitrogen and oxygen atoms in total. The monoisotopic (exact) mass is 445 g/mol. The number of hydrogen-bond acceptors (Lipinski definition) is 5. The summed E-state index contributed by atoms with van der Waals surface area (Å²) in [6.07, 6.45) is 6.98. The number of benzene rings is 1. The summed E-state index contributed by atoms with van der Waals surface area (Å²) in [6.45, 7) is 7.09. The molecule has 0 N–H and O–H groups in total. The van der Waals surface area contributed by atoms with Gasteiger partial charge in [-0.05, 0) is 83.3 Å². The number of carbonyl (C=O) groups is 1. The minimum Gasteiger partial charge on any atom is -0.337 e. The number of likely N-dealkylation sites (tertiary alicyclic amines) is 2. The predicted octanol–water partition coefficient (Wildman–Crippen LogP) is 4.27. The van der Waals surface area contributed by atoms with Gasteiger partial charge in [-0.3, -0.25) is 14.3 Å². The fourth-order valence-electron chi connectivity index (χ4n) is 4.78. The zero-order valence-electron chi connectivity index (χ0n) is 18.5. The van der Waals surface area contributed by atoms with Crippen LogP contribution in [0.5, 0.6) is 0 Å². The van der Waals surface area contributed by atoms with E-state index in [1.807, 2.05) is 9.47 Å². The number of amides is 1. The van der Waals surface area contributed by atoms with Crippen LogP contribution >= 0.6 is 11.8 Å². The molecule has 8 heteroatoms. The van der Waals surface area contributed by atoms with Crippen LogP contribution in [0.2, 0.25) is 0 Å². The van der Waals surface area contributed by atoms with E-state index in [1.54, 1.807) is 12.1 Å². The molecule has 3 heterocycles. The molecule has 2 unspecified atom stereocenters. The quantitative estimate of drug-likeness (QED) is 0.622. The molecule has 1 aromatic heterocycles. The lowest BCUT2D eigenvalue weighted by Gasteiger charge is -2.39. The van der Waals surface area contributed by atoms with E-state index < -0.39 is 0 Å². The molecule has 0 aliphatic carbocycles.